The van der Waals surface area contributed by atoms with Gasteiger partial charge in [-0.15, -0.1) is 0 Å². The van der Waals surface area contributed by atoms with Crippen LogP contribution in [0, 0.1) is 0 Å². The van der Waals surface area contributed by atoms with Gasteiger partial charge in [0.2, 0.25) is 0 Å². The molecule has 0 aromatic rings. The summed E-state index contributed by atoms with van der Waals surface area (Å²) in [5.41, 5.74) is 7.97. The van der Waals surface area contributed by atoms with Crippen molar-refractivity contribution in [1.29, 1.82) is 0 Å². The third-order valence-electron chi connectivity index (χ3n) is 2.80. The summed E-state index contributed by atoms with van der Waals surface area (Å²) >= 11 is 0. The molecule has 0 amide bonds. The van der Waals surface area contributed by atoms with Gasteiger partial charge in [-0.1, -0.05) is 45.3 Å². The molecule has 0 aliphatic carbocycles. The summed E-state index contributed by atoms with van der Waals surface area (Å²) in [7, 11) is 0. The van der Waals surface area contributed by atoms with Gasteiger partial charge in [-0.05, 0) is 33.1 Å². The van der Waals surface area contributed by atoms with Gasteiger partial charge in [0.15, 0.2) is 0 Å². The Kier molecular flexibility index (Phi) is 9.65. The Morgan fingerprint density at radius 1 is 1.06 bits per heavy atom. The first-order valence-corrected chi connectivity index (χ1v) is 6.80. The topological polar surface area (TPSA) is 24.1 Å². The highest BCUT2D eigenvalue weighted by Gasteiger charge is 2.09. The molecule has 0 aromatic carbocycles. The van der Waals surface area contributed by atoms with E-state index in [1.165, 1.54) is 31.3 Å². The molecule has 0 spiro atoms. The summed E-state index contributed by atoms with van der Waals surface area (Å²) in [6.45, 7) is 12.9. The number of hydrogen-bond acceptors (Lipinski definition) is 2. The fourth-order valence-corrected chi connectivity index (χ4v) is 1.71. The van der Waals surface area contributed by atoms with Gasteiger partial charge in [-0.25, -0.2) is 0 Å². The van der Waals surface area contributed by atoms with Crippen molar-refractivity contribution in [2.45, 2.75) is 78.3 Å². The lowest BCUT2D eigenvalue weighted by molar-refractivity contribution is 0.409. The number of nitrogens with one attached hydrogen (secondary N) is 2. The molecule has 16 heavy (non-hydrogen) atoms. The van der Waals surface area contributed by atoms with E-state index in [9.17, 15) is 0 Å². The van der Waals surface area contributed by atoms with E-state index in [-0.39, 0.29) is 0 Å². The van der Waals surface area contributed by atoms with E-state index in [4.69, 9.17) is 0 Å². The maximum atomic E-state index is 4.20. The molecule has 0 aliphatic heterocycles. The number of unbranched alkanes of at least 4 members (excludes halogenated alkanes) is 3. The van der Waals surface area contributed by atoms with Crippen molar-refractivity contribution in [2.75, 3.05) is 0 Å². The second-order valence-electron chi connectivity index (χ2n) is 4.87. The maximum absolute atomic E-state index is 4.20. The van der Waals surface area contributed by atoms with Crippen LogP contribution in [0.25, 0.3) is 0 Å². The van der Waals surface area contributed by atoms with Crippen LogP contribution < -0.4 is 10.9 Å². The molecule has 0 fully saturated rings. The van der Waals surface area contributed by atoms with E-state index >= 15 is 0 Å². The monoisotopic (exact) mass is 226 g/mol. The molecule has 0 aromatic heterocycles. The summed E-state index contributed by atoms with van der Waals surface area (Å²) in [5.74, 6) is 0. The zero-order valence-corrected chi connectivity index (χ0v) is 11.6. The summed E-state index contributed by atoms with van der Waals surface area (Å²) in [4.78, 5) is 0. The van der Waals surface area contributed by atoms with Gasteiger partial charge >= 0.3 is 0 Å². The lowest BCUT2D eigenvalue weighted by Gasteiger charge is -2.21. The molecule has 0 radical (unpaired) electrons. The highest BCUT2D eigenvalue weighted by molar-refractivity contribution is 5.04. The van der Waals surface area contributed by atoms with E-state index < -0.39 is 0 Å². The van der Waals surface area contributed by atoms with Crippen molar-refractivity contribution < 1.29 is 0 Å². The smallest absolute Gasteiger partial charge is 0.0417 e. The Bertz CT molecular complexity index is 176. The highest BCUT2D eigenvalue weighted by Crippen LogP contribution is 2.13. The minimum Gasteiger partial charge on any atom is -0.255 e. The molecule has 1 atom stereocenters. The van der Waals surface area contributed by atoms with E-state index in [0.29, 0.717) is 12.1 Å². The standard InChI is InChI=1S/C14H30N2/c1-6-8-9-10-11-13(5)14(7-2)16-15-12(3)4/h12,14-16H,5-11H2,1-4H3. The highest BCUT2D eigenvalue weighted by atomic mass is 15.4. The Labute approximate surface area is 102 Å². The molecule has 0 heterocycles. The zero-order chi connectivity index (χ0) is 12.4. The summed E-state index contributed by atoms with van der Waals surface area (Å²) in [6.07, 6.45) is 7.53. The second-order valence-corrected chi connectivity index (χ2v) is 4.87. The lowest BCUT2D eigenvalue weighted by atomic mass is 10.0. The van der Waals surface area contributed by atoms with Crippen LogP contribution in [0.1, 0.15) is 66.2 Å². The third-order valence-corrected chi connectivity index (χ3v) is 2.80. The van der Waals surface area contributed by atoms with Crippen LogP contribution in [0.4, 0.5) is 0 Å². The van der Waals surface area contributed by atoms with E-state index in [2.05, 4.69) is 45.1 Å². The lowest BCUT2D eigenvalue weighted by Crippen LogP contribution is -2.44. The number of rotatable bonds is 10. The van der Waals surface area contributed by atoms with Crippen molar-refractivity contribution in [3.05, 3.63) is 12.2 Å². The summed E-state index contributed by atoms with van der Waals surface area (Å²) in [6, 6.07) is 0.894. The Hall–Kier alpha value is -0.340. The van der Waals surface area contributed by atoms with Crippen LogP contribution in [0.15, 0.2) is 12.2 Å². The van der Waals surface area contributed by atoms with Gasteiger partial charge in [-0.3, -0.25) is 10.9 Å². The first-order valence-electron chi connectivity index (χ1n) is 6.80. The Morgan fingerprint density at radius 3 is 2.25 bits per heavy atom. The predicted molar refractivity (Wildman–Crippen MR) is 73.4 cm³/mol. The molecule has 1 unspecified atom stereocenters. The molecular weight excluding hydrogens is 196 g/mol. The van der Waals surface area contributed by atoms with Crippen molar-refractivity contribution >= 4 is 0 Å². The molecule has 0 bridgehead atoms. The zero-order valence-electron chi connectivity index (χ0n) is 11.6. The number of hydrogen-bond donors (Lipinski definition) is 2. The van der Waals surface area contributed by atoms with Crippen LogP contribution in [-0.2, 0) is 0 Å². The Morgan fingerprint density at radius 2 is 1.75 bits per heavy atom. The quantitative estimate of drug-likeness (QED) is 0.336. The molecule has 0 aliphatic rings. The average Bonchev–Trinajstić information content (AvgIpc) is 2.25. The first kappa shape index (κ1) is 15.7. The molecule has 96 valence electrons. The predicted octanol–water partition coefficient (Wildman–Crippen LogP) is 3.79. The van der Waals surface area contributed by atoms with Crippen LogP contribution in [0.3, 0.4) is 0 Å². The normalized spacial score (nSPS) is 13.1. The van der Waals surface area contributed by atoms with Gasteiger partial charge in [-0.2, -0.15) is 0 Å². The molecular formula is C14H30N2. The van der Waals surface area contributed by atoms with E-state index in [0.717, 1.165) is 12.8 Å². The summed E-state index contributed by atoms with van der Waals surface area (Å²) in [5, 5.41) is 0. The van der Waals surface area contributed by atoms with Gasteiger partial charge < -0.3 is 0 Å². The third kappa shape index (κ3) is 7.89. The second kappa shape index (κ2) is 9.86. The molecule has 2 heteroatoms. The molecule has 0 rings (SSSR count). The summed E-state index contributed by atoms with van der Waals surface area (Å²) < 4.78 is 0. The average molecular weight is 226 g/mol. The minimum absolute atomic E-state index is 0.420. The van der Waals surface area contributed by atoms with Crippen molar-refractivity contribution in [3.63, 3.8) is 0 Å². The van der Waals surface area contributed by atoms with Crippen molar-refractivity contribution in [3.8, 4) is 0 Å². The van der Waals surface area contributed by atoms with Crippen molar-refractivity contribution in [1.82, 2.24) is 10.9 Å². The molecule has 0 saturated carbocycles. The largest absolute Gasteiger partial charge is 0.255 e. The fourth-order valence-electron chi connectivity index (χ4n) is 1.71. The molecule has 2 nitrogen and oxygen atoms in total. The first-order chi connectivity index (χ1) is 7.61. The fraction of sp³-hybridized carbons (Fsp3) is 0.857. The van der Waals surface area contributed by atoms with Crippen LogP contribution >= 0.6 is 0 Å². The SMILES string of the molecule is C=C(CCCCCC)C(CC)NNC(C)C. The van der Waals surface area contributed by atoms with Crippen LogP contribution in [0.5, 0.6) is 0 Å². The van der Waals surface area contributed by atoms with Gasteiger partial charge in [0.1, 0.15) is 0 Å². The van der Waals surface area contributed by atoms with Gasteiger partial charge in [0, 0.05) is 12.1 Å². The minimum atomic E-state index is 0.420. The maximum Gasteiger partial charge on any atom is 0.0417 e. The Balaban J connectivity index is 3.73. The molecule has 2 N–H and O–H groups in total. The van der Waals surface area contributed by atoms with Crippen molar-refractivity contribution in [2.24, 2.45) is 0 Å². The van der Waals surface area contributed by atoms with Gasteiger partial charge in [0.05, 0.1) is 0 Å². The van der Waals surface area contributed by atoms with Crippen LogP contribution in [0.2, 0.25) is 0 Å². The number of hydrazine groups is 1. The van der Waals surface area contributed by atoms with Crippen LogP contribution in [-0.4, -0.2) is 12.1 Å². The van der Waals surface area contributed by atoms with E-state index in [1.54, 1.807) is 0 Å². The molecule has 0 saturated heterocycles. The van der Waals surface area contributed by atoms with Gasteiger partial charge in [0.25, 0.3) is 0 Å². The van der Waals surface area contributed by atoms with E-state index in [1.807, 2.05) is 0 Å².